The van der Waals surface area contributed by atoms with Crippen molar-refractivity contribution < 1.29 is 4.74 Å². The summed E-state index contributed by atoms with van der Waals surface area (Å²) in [6.07, 6.45) is 0.967. The first-order valence-electron chi connectivity index (χ1n) is 6.64. The van der Waals surface area contributed by atoms with Crippen molar-refractivity contribution in [2.75, 3.05) is 12.4 Å². The molecule has 2 heterocycles. The number of ether oxygens (including phenoxy) is 1. The number of rotatable bonds is 6. The van der Waals surface area contributed by atoms with E-state index in [9.17, 15) is 0 Å². The van der Waals surface area contributed by atoms with Gasteiger partial charge in [-0.15, -0.1) is 10.2 Å². The Hall–Kier alpha value is -1.63. The molecule has 2 aromatic rings. The van der Waals surface area contributed by atoms with E-state index in [0.29, 0.717) is 12.5 Å². The van der Waals surface area contributed by atoms with Gasteiger partial charge in [-0.1, -0.05) is 25.2 Å². The number of methoxy groups -OCH3 is 1. The highest BCUT2D eigenvalue weighted by molar-refractivity contribution is 7.15. The van der Waals surface area contributed by atoms with E-state index >= 15 is 0 Å². The second-order valence-corrected chi connectivity index (χ2v) is 6.21. The third kappa shape index (κ3) is 3.27. The Kier molecular flexibility index (Phi) is 4.59. The van der Waals surface area contributed by atoms with Gasteiger partial charge in [0.2, 0.25) is 11.0 Å². The Bertz CT molecular complexity index is 575. The molecule has 0 bridgehead atoms. The molecular formula is C13H21N5OS. The molecule has 1 N–H and O–H groups in total. The molecule has 0 aromatic carbocycles. The summed E-state index contributed by atoms with van der Waals surface area (Å²) in [7, 11) is 3.53. The molecule has 0 radical (unpaired) electrons. The highest BCUT2D eigenvalue weighted by atomic mass is 32.1. The van der Waals surface area contributed by atoms with Crippen molar-refractivity contribution >= 4 is 16.5 Å². The fourth-order valence-corrected chi connectivity index (χ4v) is 3.01. The summed E-state index contributed by atoms with van der Waals surface area (Å²) in [5.41, 5.74) is 2.01. The van der Waals surface area contributed by atoms with Gasteiger partial charge in [0.05, 0.1) is 18.4 Å². The van der Waals surface area contributed by atoms with Crippen molar-refractivity contribution in [1.82, 2.24) is 20.0 Å². The summed E-state index contributed by atoms with van der Waals surface area (Å²) in [6.45, 7) is 6.97. The average Bonchev–Trinajstić information content (AvgIpc) is 2.90. The van der Waals surface area contributed by atoms with E-state index in [1.54, 1.807) is 23.1 Å². The molecule has 2 rings (SSSR count). The molecule has 6 nitrogen and oxygen atoms in total. The van der Waals surface area contributed by atoms with Crippen LogP contribution in [0.4, 0.5) is 5.13 Å². The van der Waals surface area contributed by atoms with Gasteiger partial charge in [-0.05, 0) is 12.8 Å². The highest BCUT2D eigenvalue weighted by Crippen LogP contribution is 2.24. The molecule has 110 valence electrons. The molecule has 0 unspecified atom stereocenters. The lowest BCUT2D eigenvalue weighted by Gasteiger charge is -2.05. The summed E-state index contributed by atoms with van der Waals surface area (Å²) in [6, 6.07) is 0. The summed E-state index contributed by atoms with van der Waals surface area (Å²) < 4.78 is 7.12. The van der Waals surface area contributed by atoms with Crippen LogP contribution in [0.25, 0.3) is 0 Å². The van der Waals surface area contributed by atoms with Gasteiger partial charge < -0.3 is 10.1 Å². The van der Waals surface area contributed by atoms with Crippen LogP contribution in [-0.4, -0.2) is 27.1 Å². The number of nitrogens with one attached hydrogen (secondary N) is 1. The van der Waals surface area contributed by atoms with Crippen molar-refractivity contribution in [2.24, 2.45) is 13.0 Å². The van der Waals surface area contributed by atoms with Crippen LogP contribution in [0.15, 0.2) is 0 Å². The zero-order valence-electron chi connectivity index (χ0n) is 12.6. The minimum Gasteiger partial charge on any atom is -0.481 e. The molecule has 0 aliphatic heterocycles. The summed E-state index contributed by atoms with van der Waals surface area (Å²) >= 11 is 1.61. The van der Waals surface area contributed by atoms with E-state index < -0.39 is 0 Å². The quantitative estimate of drug-likeness (QED) is 0.886. The SMILES string of the molecule is COc1c(CNc2nnc(CC(C)C)s2)c(C)nn1C. The van der Waals surface area contributed by atoms with Crippen LogP contribution in [0.3, 0.4) is 0 Å². The Morgan fingerprint density at radius 3 is 2.75 bits per heavy atom. The van der Waals surface area contributed by atoms with Crippen molar-refractivity contribution in [3.05, 3.63) is 16.3 Å². The molecule has 0 aliphatic rings. The Morgan fingerprint density at radius 2 is 2.10 bits per heavy atom. The minimum atomic E-state index is 0.594. The molecular weight excluding hydrogens is 274 g/mol. The molecule has 0 aliphatic carbocycles. The van der Waals surface area contributed by atoms with Crippen molar-refractivity contribution in [2.45, 2.75) is 33.7 Å². The lowest BCUT2D eigenvalue weighted by atomic mass is 10.1. The van der Waals surface area contributed by atoms with E-state index in [1.807, 2.05) is 14.0 Å². The number of nitrogens with zero attached hydrogens (tertiary/aromatic N) is 4. The summed E-state index contributed by atoms with van der Waals surface area (Å²) in [5, 5.41) is 17.9. The second kappa shape index (κ2) is 6.21. The van der Waals surface area contributed by atoms with Crippen molar-refractivity contribution in [3.63, 3.8) is 0 Å². The maximum Gasteiger partial charge on any atom is 0.216 e. The smallest absolute Gasteiger partial charge is 0.216 e. The number of aryl methyl sites for hydroxylation is 2. The van der Waals surface area contributed by atoms with Crippen molar-refractivity contribution in [3.8, 4) is 5.88 Å². The lowest BCUT2D eigenvalue weighted by Crippen LogP contribution is -2.02. The molecule has 0 fully saturated rings. The van der Waals surface area contributed by atoms with Gasteiger partial charge in [0.1, 0.15) is 5.01 Å². The van der Waals surface area contributed by atoms with Gasteiger partial charge in [-0.3, -0.25) is 0 Å². The predicted molar refractivity (Wildman–Crippen MR) is 80.3 cm³/mol. The summed E-state index contributed by atoms with van der Waals surface area (Å²) in [5.74, 6) is 1.37. The molecule has 20 heavy (non-hydrogen) atoms. The van der Waals surface area contributed by atoms with Crippen LogP contribution in [-0.2, 0) is 20.0 Å². The first-order valence-corrected chi connectivity index (χ1v) is 7.45. The predicted octanol–water partition coefficient (Wildman–Crippen LogP) is 2.40. The van der Waals surface area contributed by atoms with Crippen LogP contribution < -0.4 is 10.1 Å². The van der Waals surface area contributed by atoms with E-state index in [4.69, 9.17) is 4.74 Å². The Balaban J connectivity index is 2.03. The monoisotopic (exact) mass is 295 g/mol. The molecule has 7 heteroatoms. The maximum atomic E-state index is 5.37. The molecule has 0 spiro atoms. The number of anilines is 1. The van der Waals surface area contributed by atoms with Gasteiger partial charge in [-0.25, -0.2) is 4.68 Å². The van der Waals surface area contributed by atoms with E-state index in [2.05, 4.69) is 34.5 Å². The molecule has 0 atom stereocenters. The first kappa shape index (κ1) is 14.8. The Morgan fingerprint density at radius 1 is 1.35 bits per heavy atom. The molecule has 2 aromatic heterocycles. The summed E-state index contributed by atoms with van der Waals surface area (Å²) in [4.78, 5) is 0. The normalized spacial score (nSPS) is 11.1. The van der Waals surface area contributed by atoms with Crippen LogP contribution in [0.1, 0.15) is 30.1 Å². The van der Waals surface area contributed by atoms with E-state index in [1.165, 1.54) is 0 Å². The molecule has 0 amide bonds. The largest absolute Gasteiger partial charge is 0.481 e. The number of hydrogen-bond donors (Lipinski definition) is 1. The number of aromatic nitrogens is 4. The molecule has 0 saturated heterocycles. The van der Waals surface area contributed by atoms with Gasteiger partial charge in [-0.2, -0.15) is 5.10 Å². The van der Waals surface area contributed by atoms with Crippen LogP contribution in [0, 0.1) is 12.8 Å². The maximum absolute atomic E-state index is 5.37. The zero-order valence-corrected chi connectivity index (χ0v) is 13.4. The Labute approximate surface area is 123 Å². The highest BCUT2D eigenvalue weighted by Gasteiger charge is 2.14. The van der Waals surface area contributed by atoms with Gasteiger partial charge in [0.15, 0.2) is 0 Å². The first-order chi connectivity index (χ1) is 9.51. The van der Waals surface area contributed by atoms with Crippen LogP contribution >= 0.6 is 11.3 Å². The fraction of sp³-hybridized carbons (Fsp3) is 0.615. The second-order valence-electron chi connectivity index (χ2n) is 5.15. The third-order valence-corrected chi connectivity index (χ3v) is 3.85. The fourth-order valence-electron chi connectivity index (χ4n) is 2.06. The van der Waals surface area contributed by atoms with Gasteiger partial charge >= 0.3 is 0 Å². The van der Waals surface area contributed by atoms with Crippen LogP contribution in [0.5, 0.6) is 5.88 Å². The van der Waals surface area contributed by atoms with E-state index in [0.717, 1.165) is 33.7 Å². The van der Waals surface area contributed by atoms with Crippen LogP contribution in [0.2, 0.25) is 0 Å². The third-order valence-electron chi connectivity index (χ3n) is 2.95. The average molecular weight is 295 g/mol. The van der Waals surface area contributed by atoms with Crippen molar-refractivity contribution in [1.29, 1.82) is 0 Å². The lowest BCUT2D eigenvalue weighted by molar-refractivity contribution is 0.370. The number of hydrogen-bond acceptors (Lipinski definition) is 6. The van der Waals surface area contributed by atoms with E-state index in [-0.39, 0.29) is 0 Å². The minimum absolute atomic E-state index is 0.594. The standard InChI is InChI=1S/C13H21N5OS/c1-8(2)6-11-15-16-13(20-11)14-7-10-9(3)17-18(4)12(10)19-5/h8H,6-7H2,1-5H3,(H,14,16). The van der Waals surface area contributed by atoms with Gasteiger partial charge in [0, 0.05) is 20.0 Å². The molecule has 0 saturated carbocycles. The van der Waals surface area contributed by atoms with Gasteiger partial charge in [0.25, 0.3) is 0 Å². The zero-order chi connectivity index (χ0) is 14.7. The topological polar surface area (TPSA) is 64.9 Å².